The molecule has 0 saturated carbocycles. The van der Waals surface area contributed by atoms with Crippen LogP contribution < -0.4 is 5.32 Å². The lowest BCUT2D eigenvalue weighted by Crippen LogP contribution is -2.11. The first-order valence-corrected chi connectivity index (χ1v) is 6.67. The molecule has 0 heterocycles. The van der Waals surface area contributed by atoms with E-state index in [4.69, 9.17) is 11.6 Å². The molecule has 0 fully saturated rings. The van der Waals surface area contributed by atoms with Crippen molar-refractivity contribution in [2.24, 2.45) is 0 Å². The average Bonchev–Trinajstić information content (AvgIpc) is 2.31. The fraction of sp³-hybridized carbons (Fsp3) is 0.364. The molecule has 0 aliphatic heterocycles. The molecular weight excluding hydrogens is 323 g/mol. The number of hydrogen-bond acceptors (Lipinski definition) is 3. The van der Waals surface area contributed by atoms with Gasteiger partial charge in [-0.3, -0.25) is 14.9 Å². The fourth-order valence-corrected chi connectivity index (χ4v) is 1.91. The summed E-state index contributed by atoms with van der Waals surface area (Å²) in [5.41, 5.74) is 0.342. The standard InChI is InChI=1S/C11H12BrClN2O3/c12-9-5-4-8(7-10(9)15(17)18)14-11(16)3-1-2-6-13/h4-5,7H,1-3,6H2,(H,14,16). The predicted molar refractivity (Wildman–Crippen MR) is 74.0 cm³/mol. The van der Waals surface area contributed by atoms with Crippen molar-refractivity contribution in [1.82, 2.24) is 0 Å². The Labute approximate surface area is 118 Å². The van der Waals surface area contributed by atoms with E-state index in [-0.39, 0.29) is 11.6 Å². The van der Waals surface area contributed by atoms with Gasteiger partial charge in [0.1, 0.15) is 0 Å². The molecule has 0 unspecified atom stereocenters. The van der Waals surface area contributed by atoms with Crippen LogP contribution in [0.1, 0.15) is 19.3 Å². The van der Waals surface area contributed by atoms with Crippen molar-refractivity contribution >= 4 is 44.8 Å². The van der Waals surface area contributed by atoms with Crippen molar-refractivity contribution in [2.45, 2.75) is 19.3 Å². The summed E-state index contributed by atoms with van der Waals surface area (Å²) in [6, 6.07) is 4.46. The number of halogens is 2. The number of anilines is 1. The lowest BCUT2D eigenvalue weighted by atomic mass is 10.2. The smallest absolute Gasteiger partial charge is 0.285 e. The Bertz CT molecular complexity index is 454. The molecular formula is C11H12BrClN2O3. The molecule has 18 heavy (non-hydrogen) atoms. The molecule has 1 N–H and O–H groups in total. The topological polar surface area (TPSA) is 72.2 Å². The first kappa shape index (κ1) is 14.9. The summed E-state index contributed by atoms with van der Waals surface area (Å²) >= 11 is 8.59. The van der Waals surface area contributed by atoms with Crippen molar-refractivity contribution in [2.75, 3.05) is 11.2 Å². The third-order valence-corrected chi connectivity index (χ3v) is 3.15. The molecule has 0 saturated heterocycles. The summed E-state index contributed by atoms with van der Waals surface area (Å²) in [4.78, 5) is 21.7. The fourth-order valence-electron chi connectivity index (χ4n) is 1.33. The van der Waals surface area contributed by atoms with Gasteiger partial charge in [0.25, 0.3) is 5.69 Å². The van der Waals surface area contributed by atoms with Crippen LogP contribution in [-0.2, 0) is 4.79 Å². The van der Waals surface area contributed by atoms with Crippen LogP contribution in [0.3, 0.4) is 0 Å². The van der Waals surface area contributed by atoms with Gasteiger partial charge in [-0.2, -0.15) is 0 Å². The van der Waals surface area contributed by atoms with Gasteiger partial charge in [-0.25, -0.2) is 0 Å². The minimum atomic E-state index is -0.507. The van der Waals surface area contributed by atoms with Crippen LogP contribution >= 0.6 is 27.5 Å². The van der Waals surface area contributed by atoms with Crippen LogP contribution in [0.4, 0.5) is 11.4 Å². The SMILES string of the molecule is O=C(CCCCCl)Nc1ccc(Br)c([N+](=O)[O-])c1. The van der Waals surface area contributed by atoms with Crippen LogP contribution in [0.15, 0.2) is 22.7 Å². The number of carbonyl (C=O) groups excluding carboxylic acids is 1. The molecule has 0 radical (unpaired) electrons. The van der Waals surface area contributed by atoms with Gasteiger partial charge >= 0.3 is 0 Å². The van der Waals surface area contributed by atoms with Gasteiger partial charge in [0.2, 0.25) is 5.91 Å². The number of nitro benzene ring substituents is 1. The maximum absolute atomic E-state index is 11.5. The van der Waals surface area contributed by atoms with Crippen molar-refractivity contribution in [3.8, 4) is 0 Å². The van der Waals surface area contributed by atoms with E-state index in [1.165, 1.54) is 12.1 Å². The Morgan fingerprint density at radius 1 is 1.44 bits per heavy atom. The second-order valence-corrected chi connectivity index (χ2v) is 4.85. The minimum Gasteiger partial charge on any atom is -0.326 e. The van der Waals surface area contributed by atoms with Gasteiger partial charge in [-0.05, 0) is 40.9 Å². The monoisotopic (exact) mass is 334 g/mol. The number of amides is 1. The number of benzene rings is 1. The number of carbonyl (C=O) groups is 1. The van der Waals surface area contributed by atoms with Crippen LogP contribution in [0.5, 0.6) is 0 Å². The summed E-state index contributed by atoms with van der Waals surface area (Å²) < 4.78 is 0.382. The van der Waals surface area contributed by atoms with E-state index < -0.39 is 4.92 Å². The summed E-state index contributed by atoms with van der Waals surface area (Å²) in [7, 11) is 0. The van der Waals surface area contributed by atoms with E-state index in [0.717, 1.165) is 6.42 Å². The minimum absolute atomic E-state index is 0.0754. The van der Waals surface area contributed by atoms with Gasteiger partial charge in [0.15, 0.2) is 0 Å². The molecule has 1 amide bonds. The van der Waals surface area contributed by atoms with Gasteiger partial charge in [-0.15, -0.1) is 11.6 Å². The van der Waals surface area contributed by atoms with Crippen molar-refractivity contribution in [1.29, 1.82) is 0 Å². The van der Waals surface area contributed by atoms with E-state index >= 15 is 0 Å². The van der Waals surface area contributed by atoms with Crippen LogP contribution in [0.2, 0.25) is 0 Å². The van der Waals surface area contributed by atoms with Crippen LogP contribution in [-0.4, -0.2) is 16.7 Å². The first-order valence-electron chi connectivity index (χ1n) is 5.34. The molecule has 1 rings (SSSR count). The van der Waals surface area contributed by atoms with Crippen molar-refractivity contribution in [3.63, 3.8) is 0 Å². The van der Waals surface area contributed by atoms with Crippen molar-refractivity contribution in [3.05, 3.63) is 32.8 Å². The lowest BCUT2D eigenvalue weighted by Gasteiger charge is -2.05. The maximum Gasteiger partial charge on any atom is 0.285 e. The number of nitro groups is 1. The molecule has 98 valence electrons. The zero-order valence-corrected chi connectivity index (χ0v) is 11.8. The Hall–Kier alpha value is -1.14. The number of rotatable bonds is 6. The average molecular weight is 336 g/mol. The highest BCUT2D eigenvalue weighted by Gasteiger charge is 2.13. The van der Waals surface area contributed by atoms with E-state index in [9.17, 15) is 14.9 Å². The lowest BCUT2D eigenvalue weighted by molar-refractivity contribution is -0.385. The highest BCUT2D eigenvalue weighted by atomic mass is 79.9. The van der Waals surface area contributed by atoms with E-state index in [2.05, 4.69) is 21.2 Å². The molecule has 0 bridgehead atoms. The molecule has 5 nitrogen and oxygen atoms in total. The molecule has 0 aromatic heterocycles. The number of nitrogens with zero attached hydrogens (tertiary/aromatic N) is 1. The summed E-state index contributed by atoms with van der Waals surface area (Å²) in [5.74, 6) is 0.355. The summed E-state index contributed by atoms with van der Waals surface area (Å²) in [6.45, 7) is 0. The zero-order valence-electron chi connectivity index (χ0n) is 9.49. The Kier molecular flexibility index (Phi) is 6.07. The number of alkyl halides is 1. The Morgan fingerprint density at radius 3 is 2.78 bits per heavy atom. The molecule has 1 aromatic rings. The Balaban J connectivity index is 2.65. The largest absolute Gasteiger partial charge is 0.326 e. The first-order chi connectivity index (χ1) is 8.54. The molecule has 0 aliphatic rings. The third-order valence-electron chi connectivity index (χ3n) is 2.21. The Morgan fingerprint density at radius 2 is 2.17 bits per heavy atom. The summed E-state index contributed by atoms with van der Waals surface area (Å²) in [5, 5.41) is 13.3. The maximum atomic E-state index is 11.5. The van der Waals surface area contributed by atoms with E-state index in [0.29, 0.717) is 28.9 Å². The molecule has 0 spiro atoms. The van der Waals surface area contributed by atoms with Crippen LogP contribution in [0, 0.1) is 10.1 Å². The van der Waals surface area contributed by atoms with Gasteiger partial charge in [-0.1, -0.05) is 0 Å². The molecule has 7 heteroatoms. The second-order valence-electron chi connectivity index (χ2n) is 3.62. The highest BCUT2D eigenvalue weighted by Crippen LogP contribution is 2.27. The summed E-state index contributed by atoms with van der Waals surface area (Å²) in [6.07, 6.45) is 1.83. The molecule has 0 atom stereocenters. The van der Waals surface area contributed by atoms with Gasteiger partial charge in [0, 0.05) is 24.1 Å². The third kappa shape index (κ3) is 4.62. The van der Waals surface area contributed by atoms with Gasteiger partial charge < -0.3 is 5.32 Å². The normalized spacial score (nSPS) is 10.1. The van der Waals surface area contributed by atoms with Gasteiger partial charge in [0.05, 0.1) is 9.40 Å². The number of hydrogen-bond donors (Lipinski definition) is 1. The van der Waals surface area contributed by atoms with E-state index in [1.807, 2.05) is 0 Å². The predicted octanol–water partition coefficient (Wildman–Crippen LogP) is 3.70. The second kappa shape index (κ2) is 7.33. The number of nitrogens with one attached hydrogen (secondary N) is 1. The quantitative estimate of drug-likeness (QED) is 0.373. The van der Waals surface area contributed by atoms with Crippen molar-refractivity contribution < 1.29 is 9.72 Å². The highest BCUT2D eigenvalue weighted by molar-refractivity contribution is 9.10. The molecule has 1 aromatic carbocycles. The zero-order chi connectivity index (χ0) is 13.5. The van der Waals surface area contributed by atoms with E-state index in [1.54, 1.807) is 6.07 Å². The van der Waals surface area contributed by atoms with Crippen LogP contribution in [0.25, 0.3) is 0 Å². The number of unbranched alkanes of at least 4 members (excludes halogenated alkanes) is 1. The molecule has 0 aliphatic carbocycles.